The molecule has 16 heteroatoms. The molecule has 0 spiro atoms. The summed E-state index contributed by atoms with van der Waals surface area (Å²) in [5.41, 5.74) is 6.66. The van der Waals surface area contributed by atoms with Crippen LogP contribution in [-0.4, -0.2) is 60.2 Å². The smallest absolute Gasteiger partial charge is 0.387 e. The number of oxazole rings is 2. The lowest BCUT2D eigenvalue weighted by molar-refractivity contribution is -0.147. The molecule has 1 unspecified atom stereocenters. The molecule has 2 aliphatic heterocycles. The standard InChI is InChI=1S/C42H39F4N5O7/c1-21-26(6-3-8-28(21)38-50-31-14-23(18-47-19-25-11-12-37(52)49-25)33(57-41(43)44)16-35(31)55-38)27-7-4-9-29(22(27)2)39-51-32-15-24(20-54-40(53)30-10-5-13-48-30)34(58-42(45)46)17-36(32)56-39/h3-4,6-9,14-17,25,30,41-42,47-48H,5,10-13,18-20H2,1-2H3,(H,49,52)/t25?,30-/m0/s1. The Morgan fingerprint density at radius 1 is 0.828 bits per heavy atom. The fourth-order valence-corrected chi connectivity index (χ4v) is 7.55. The van der Waals surface area contributed by atoms with Gasteiger partial charge in [-0.3, -0.25) is 9.59 Å². The third-order valence-corrected chi connectivity index (χ3v) is 10.5. The van der Waals surface area contributed by atoms with E-state index in [1.807, 2.05) is 50.2 Å². The zero-order valence-electron chi connectivity index (χ0n) is 31.5. The van der Waals surface area contributed by atoms with Crippen LogP contribution >= 0.6 is 0 Å². The van der Waals surface area contributed by atoms with Crippen molar-refractivity contribution < 1.29 is 50.2 Å². The average molecular weight is 802 g/mol. The van der Waals surface area contributed by atoms with Crippen LogP contribution in [0.1, 0.15) is 47.9 Å². The van der Waals surface area contributed by atoms with Crippen LogP contribution in [0.15, 0.2) is 69.5 Å². The second kappa shape index (κ2) is 16.5. The highest BCUT2D eigenvalue weighted by Gasteiger charge is 2.26. The summed E-state index contributed by atoms with van der Waals surface area (Å²) in [5, 5.41) is 9.15. The zero-order valence-corrected chi connectivity index (χ0v) is 31.5. The van der Waals surface area contributed by atoms with E-state index in [-0.39, 0.29) is 65.1 Å². The summed E-state index contributed by atoms with van der Waals surface area (Å²) in [6.45, 7) is -1.24. The van der Waals surface area contributed by atoms with Crippen molar-refractivity contribution in [3.8, 4) is 45.5 Å². The maximum atomic E-state index is 13.4. The number of rotatable bonds is 14. The van der Waals surface area contributed by atoms with Crippen LogP contribution in [0.4, 0.5) is 17.6 Å². The van der Waals surface area contributed by atoms with E-state index in [4.69, 9.17) is 28.0 Å². The van der Waals surface area contributed by atoms with E-state index in [9.17, 15) is 27.2 Å². The number of halogens is 4. The number of hydrogen-bond donors (Lipinski definition) is 3. The van der Waals surface area contributed by atoms with E-state index in [1.165, 1.54) is 18.2 Å². The Balaban J connectivity index is 1.07. The van der Waals surface area contributed by atoms with Crippen molar-refractivity contribution >= 4 is 34.1 Å². The molecule has 2 fully saturated rings. The number of amides is 1. The number of carbonyl (C=O) groups is 2. The molecule has 1 amide bonds. The molecule has 6 aromatic rings. The summed E-state index contributed by atoms with van der Waals surface area (Å²) in [7, 11) is 0. The van der Waals surface area contributed by atoms with Crippen molar-refractivity contribution in [3.63, 3.8) is 0 Å². The molecule has 2 atom stereocenters. The van der Waals surface area contributed by atoms with E-state index in [0.717, 1.165) is 28.7 Å². The number of fused-ring (bicyclic) bond motifs is 2. The number of nitrogens with zero attached hydrogens (tertiary/aromatic N) is 2. The Bertz CT molecular complexity index is 2500. The molecule has 2 aromatic heterocycles. The van der Waals surface area contributed by atoms with Gasteiger partial charge < -0.3 is 39.0 Å². The molecule has 58 heavy (non-hydrogen) atoms. The molecule has 12 nitrogen and oxygen atoms in total. The van der Waals surface area contributed by atoms with Gasteiger partial charge in [0.1, 0.15) is 35.2 Å². The minimum atomic E-state index is -3.12. The maximum Gasteiger partial charge on any atom is 0.387 e. The van der Waals surface area contributed by atoms with Crippen molar-refractivity contribution in [2.75, 3.05) is 13.1 Å². The van der Waals surface area contributed by atoms with Gasteiger partial charge in [0.05, 0.1) is 0 Å². The highest BCUT2D eigenvalue weighted by atomic mass is 19.3. The zero-order chi connectivity index (χ0) is 40.5. The van der Waals surface area contributed by atoms with Crippen LogP contribution in [0.25, 0.3) is 56.2 Å². The lowest BCUT2D eigenvalue weighted by atomic mass is 9.91. The highest BCUT2D eigenvalue weighted by molar-refractivity contribution is 5.86. The number of benzene rings is 4. The molecule has 8 rings (SSSR count). The van der Waals surface area contributed by atoms with E-state index >= 15 is 0 Å². The van der Waals surface area contributed by atoms with E-state index in [2.05, 4.69) is 20.9 Å². The molecule has 0 radical (unpaired) electrons. The number of carbonyl (C=O) groups excluding carboxylic acids is 2. The van der Waals surface area contributed by atoms with Crippen LogP contribution < -0.4 is 25.4 Å². The van der Waals surface area contributed by atoms with Crippen LogP contribution in [-0.2, 0) is 27.5 Å². The first-order valence-electron chi connectivity index (χ1n) is 18.9. The monoisotopic (exact) mass is 801 g/mol. The minimum absolute atomic E-state index is 0.0135. The van der Waals surface area contributed by atoms with Crippen molar-refractivity contribution in [1.29, 1.82) is 0 Å². The number of hydrogen-bond acceptors (Lipinski definition) is 11. The largest absolute Gasteiger partial charge is 0.460 e. The van der Waals surface area contributed by atoms with Gasteiger partial charge in [-0.15, -0.1) is 0 Å². The molecule has 0 aliphatic carbocycles. The van der Waals surface area contributed by atoms with Gasteiger partial charge >= 0.3 is 19.2 Å². The molecule has 4 heterocycles. The van der Waals surface area contributed by atoms with Gasteiger partial charge in [-0.05, 0) is 86.2 Å². The molecular formula is C42H39F4N5O7. The fraction of sp³-hybridized carbons (Fsp3) is 0.333. The Morgan fingerprint density at radius 3 is 1.93 bits per heavy atom. The van der Waals surface area contributed by atoms with Crippen molar-refractivity contribution in [1.82, 2.24) is 25.9 Å². The van der Waals surface area contributed by atoms with Gasteiger partial charge in [0.15, 0.2) is 11.2 Å². The number of alkyl halides is 4. The predicted molar refractivity (Wildman–Crippen MR) is 204 cm³/mol. The van der Waals surface area contributed by atoms with Crippen molar-refractivity contribution in [2.24, 2.45) is 0 Å². The van der Waals surface area contributed by atoms with Crippen LogP contribution in [0, 0.1) is 13.8 Å². The number of aromatic nitrogens is 2. The van der Waals surface area contributed by atoms with Gasteiger partial charge in [0.25, 0.3) is 0 Å². The molecule has 0 bridgehead atoms. The second-order valence-electron chi connectivity index (χ2n) is 14.3. The van der Waals surface area contributed by atoms with Crippen molar-refractivity contribution in [3.05, 3.63) is 82.9 Å². The third-order valence-electron chi connectivity index (χ3n) is 10.5. The van der Waals surface area contributed by atoms with E-state index in [1.54, 1.807) is 6.07 Å². The van der Waals surface area contributed by atoms with Crippen molar-refractivity contribution in [2.45, 2.75) is 78.0 Å². The summed E-state index contributed by atoms with van der Waals surface area (Å²) in [5.74, 6) is -0.180. The normalized spacial score (nSPS) is 16.9. The summed E-state index contributed by atoms with van der Waals surface area (Å²) < 4.78 is 81.1. The Hall–Kier alpha value is -6.00. The first kappa shape index (κ1) is 38.9. The Morgan fingerprint density at radius 2 is 1.40 bits per heavy atom. The number of nitrogens with one attached hydrogen (secondary N) is 3. The number of ether oxygens (including phenoxy) is 3. The highest BCUT2D eigenvalue weighted by Crippen LogP contribution is 2.39. The average Bonchev–Trinajstić information content (AvgIpc) is 4.01. The first-order chi connectivity index (χ1) is 28.0. The van der Waals surface area contributed by atoms with Gasteiger partial charge in [-0.25, -0.2) is 9.97 Å². The molecule has 302 valence electrons. The van der Waals surface area contributed by atoms with Crippen LogP contribution in [0.3, 0.4) is 0 Å². The number of esters is 1. The van der Waals surface area contributed by atoms with E-state index < -0.39 is 25.2 Å². The summed E-state index contributed by atoms with van der Waals surface area (Å²) >= 11 is 0. The summed E-state index contributed by atoms with van der Waals surface area (Å²) in [4.78, 5) is 33.5. The lowest BCUT2D eigenvalue weighted by Crippen LogP contribution is -2.35. The molecule has 0 saturated carbocycles. The molecular weight excluding hydrogens is 762 g/mol. The first-order valence-corrected chi connectivity index (χ1v) is 18.9. The molecule has 3 N–H and O–H groups in total. The maximum absolute atomic E-state index is 13.4. The quantitative estimate of drug-likeness (QED) is 0.0728. The minimum Gasteiger partial charge on any atom is -0.460 e. The van der Waals surface area contributed by atoms with Crippen LogP contribution in [0.5, 0.6) is 11.5 Å². The Labute approximate surface area is 329 Å². The van der Waals surface area contributed by atoms with Gasteiger partial charge in [-0.1, -0.05) is 24.3 Å². The molecule has 4 aromatic carbocycles. The Kier molecular flexibility index (Phi) is 11.0. The lowest BCUT2D eigenvalue weighted by Gasteiger charge is -2.14. The summed E-state index contributed by atoms with van der Waals surface area (Å²) in [6, 6.07) is 16.7. The topological polar surface area (TPSA) is 150 Å². The van der Waals surface area contributed by atoms with E-state index in [0.29, 0.717) is 60.1 Å². The predicted octanol–water partition coefficient (Wildman–Crippen LogP) is 7.95. The van der Waals surface area contributed by atoms with Gasteiger partial charge in [0, 0.05) is 59.9 Å². The second-order valence-corrected chi connectivity index (χ2v) is 14.3. The SMILES string of the molecule is Cc1c(-c2nc3cc(CNCC4CCC(=O)N4)c(OC(F)F)cc3o2)cccc1-c1cccc(-c2nc3cc(COC(=O)[C@@H]4CCCN4)c(OC(F)F)cc3o2)c1C. The van der Waals surface area contributed by atoms with Crippen LogP contribution in [0.2, 0.25) is 0 Å². The summed E-state index contributed by atoms with van der Waals surface area (Å²) in [6.07, 6.45) is 2.62. The molecule has 2 aliphatic rings. The van der Waals surface area contributed by atoms with Gasteiger partial charge in [-0.2, -0.15) is 17.6 Å². The fourth-order valence-electron chi connectivity index (χ4n) is 7.55. The third kappa shape index (κ3) is 8.20. The molecule has 2 saturated heterocycles. The van der Waals surface area contributed by atoms with Gasteiger partial charge in [0.2, 0.25) is 17.7 Å².